The average molecular weight is 329 g/mol. The summed E-state index contributed by atoms with van der Waals surface area (Å²) in [5.41, 5.74) is 6.40. The van der Waals surface area contributed by atoms with Crippen molar-refractivity contribution in [1.82, 2.24) is 14.5 Å². The van der Waals surface area contributed by atoms with Gasteiger partial charge in [-0.2, -0.15) is 0 Å². The van der Waals surface area contributed by atoms with E-state index in [2.05, 4.69) is 25.9 Å². The molecular weight excluding hydrogens is 316 g/mol. The molecular formula is C11H13BrN4O3. The predicted molar refractivity (Wildman–Crippen MR) is 71.3 cm³/mol. The van der Waals surface area contributed by atoms with Crippen molar-refractivity contribution in [2.45, 2.75) is 24.9 Å². The average Bonchev–Trinajstić information content (AvgIpc) is 2.91. The van der Waals surface area contributed by atoms with Crippen molar-refractivity contribution in [2.75, 3.05) is 12.3 Å². The maximum absolute atomic E-state index is 10.0. The predicted octanol–water partition coefficient (Wildman–Crippen LogP) is 0.417. The fourth-order valence-corrected chi connectivity index (χ4v) is 2.95. The summed E-state index contributed by atoms with van der Waals surface area (Å²) in [6.45, 7) is -0.120. The number of nitrogens with zero attached hydrogens (tertiary/aromatic N) is 3. The molecule has 0 radical (unpaired) electrons. The first-order valence-corrected chi connectivity index (χ1v) is 6.62. The molecule has 8 heteroatoms. The third-order valence-corrected chi connectivity index (χ3v) is 3.84. The maximum atomic E-state index is 10.0. The number of nitrogens with two attached hydrogens (primary N) is 1. The molecule has 0 aliphatic carbocycles. The first-order valence-electron chi connectivity index (χ1n) is 5.82. The van der Waals surface area contributed by atoms with Crippen LogP contribution in [-0.4, -0.2) is 43.6 Å². The molecule has 7 nitrogen and oxygen atoms in total. The van der Waals surface area contributed by atoms with Gasteiger partial charge in [0.2, 0.25) is 0 Å². The molecule has 3 unspecified atom stereocenters. The van der Waals surface area contributed by atoms with E-state index in [0.717, 1.165) is 4.47 Å². The van der Waals surface area contributed by atoms with Crippen molar-refractivity contribution in [2.24, 2.45) is 0 Å². The van der Waals surface area contributed by atoms with E-state index in [-0.39, 0.29) is 12.7 Å². The standard InChI is InChI=1S/C11H13BrN4O3/c12-6-2-16(10-8(6)9(13)14-4-15-10)11-7(18)1-5(3-17)19-11/h2,4-5,7,11,17-18H,1,3H2,(H2,13,14,15). The fraction of sp³-hybridized carbons (Fsp3) is 0.455. The molecule has 19 heavy (non-hydrogen) atoms. The molecule has 1 saturated heterocycles. The molecule has 2 aromatic rings. The van der Waals surface area contributed by atoms with Crippen molar-refractivity contribution in [3.63, 3.8) is 0 Å². The van der Waals surface area contributed by atoms with E-state index in [4.69, 9.17) is 15.6 Å². The topological polar surface area (TPSA) is 106 Å². The Morgan fingerprint density at radius 2 is 2.32 bits per heavy atom. The van der Waals surface area contributed by atoms with E-state index in [1.54, 1.807) is 10.8 Å². The number of hydrogen-bond donors (Lipinski definition) is 3. The number of halogens is 1. The molecule has 102 valence electrons. The van der Waals surface area contributed by atoms with Gasteiger partial charge in [0.1, 0.15) is 23.9 Å². The van der Waals surface area contributed by atoms with Gasteiger partial charge in [0, 0.05) is 17.1 Å². The van der Waals surface area contributed by atoms with Crippen molar-refractivity contribution in [1.29, 1.82) is 0 Å². The van der Waals surface area contributed by atoms with E-state index in [1.165, 1.54) is 6.33 Å². The lowest BCUT2D eigenvalue weighted by Gasteiger charge is -2.17. The molecule has 0 saturated carbocycles. The zero-order chi connectivity index (χ0) is 13.6. The number of anilines is 1. The number of aliphatic hydroxyl groups excluding tert-OH is 2. The fourth-order valence-electron chi connectivity index (χ4n) is 2.35. The normalized spacial score (nSPS) is 27.2. The number of aliphatic hydroxyl groups is 2. The molecule has 1 aliphatic rings. The van der Waals surface area contributed by atoms with Crippen molar-refractivity contribution in [3.8, 4) is 0 Å². The summed E-state index contributed by atoms with van der Waals surface area (Å²) < 4.78 is 8.06. The van der Waals surface area contributed by atoms with E-state index in [9.17, 15) is 5.11 Å². The zero-order valence-electron chi connectivity index (χ0n) is 9.90. The molecule has 3 rings (SSSR count). The molecule has 3 heterocycles. The highest BCUT2D eigenvalue weighted by Crippen LogP contribution is 2.35. The molecule has 2 aromatic heterocycles. The van der Waals surface area contributed by atoms with E-state index >= 15 is 0 Å². The van der Waals surface area contributed by atoms with Crippen LogP contribution in [0.25, 0.3) is 11.0 Å². The Hall–Kier alpha value is -1.22. The third kappa shape index (κ3) is 2.00. The van der Waals surface area contributed by atoms with E-state index in [0.29, 0.717) is 23.3 Å². The van der Waals surface area contributed by atoms with Crippen LogP contribution < -0.4 is 5.73 Å². The van der Waals surface area contributed by atoms with Crippen LogP contribution >= 0.6 is 15.9 Å². The third-order valence-electron chi connectivity index (χ3n) is 3.24. The second kappa shape index (κ2) is 4.71. The number of aromatic nitrogens is 3. The number of nitrogen functional groups attached to an aromatic ring is 1. The quantitative estimate of drug-likeness (QED) is 0.737. The second-order valence-corrected chi connectivity index (χ2v) is 5.33. The first-order chi connectivity index (χ1) is 9.11. The van der Waals surface area contributed by atoms with Crippen LogP contribution in [0.2, 0.25) is 0 Å². The van der Waals surface area contributed by atoms with Crippen LogP contribution in [0.5, 0.6) is 0 Å². The van der Waals surface area contributed by atoms with Gasteiger partial charge in [0.05, 0.1) is 18.1 Å². The monoisotopic (exact) mass is 328 g/mol. The van der Waals surface area contributed by atoms with Crippen molar-refractivity contribution in [3.05, 3.63) is 17.0 Å². The number of ether oxygens (including phenoxy) is 1. The molecule has 0 spiro atoms. The van der Waals surface area contributed by atoms with Gasteiger partial charge in [-0.25, -0.2) is 9.97 Å². The highest BCUT2D eigenvalue weighted by atomic mass is 79.9. The molecule has 0 amide bonds. The smallest absolute Gasteiger partial charge is 0.161 e. The van der Waals surface area contributed by atoms with Gasteiger partial charge < -0.3 is 25.3 Å². The van der Waals surface area contributed by atoms with Gasteiger partial charge >= 0.3 is 0 Å². The van der Waals surface area contributed by atoms with Crippen LogP contribution in [0.15, 0.2) is 17.0 Å². The second-order valence-electron chi connectivity index (χ2n) is 4.48. The van der Waals surface area contributed by atoms with Gasteiger partial charge in [-0.15, -0.1) is 0 Å². The van der Waals surface area contributed by atoms with Crippen molar-refractivity contribution >= 4 is 32.8 Å². The summed E-state index contributed by atoms with van der Waals surface area (Å²) in [6.07, 6.45) is 1.86. The summed E-state index contributed by atoms with van der Waals surface area (Å²) in [7, 11) is 0. The summed E-state index contributed by atoms with van der Waals surface area (Å²) in [4.78, 5) is 8.12. The van der Waals surface area contributed by atoms with Crippen LogP contribution in [0.3, 0.4) is 0 Å². The Balaban J connectivity index is 2.09. The highest BCUT2D eigenvalue weighted by molar-refractivity contribution is 9.10. The minimum absolute atomic E-state index is 0.120. The Kier molecular flexibility index (Phi) is 3.17. The molecule has 3 atom stereocenters. The largest absolute Gasteiger partial charge is 0.394 e. The first kappa shape index (κ1) is 12.8. The van der Waals surface area contributed by atoms with Crippen LogP contribution in [0.1, 0.15) is 12.6 Å². The number of fused-ring (bicyclic) bond motifs is 1. The van der Waals surface area contributed by atoms with Crippen LogP contribution in [0, 0.1) is 0 Å². The Morgan fingerprint density at radius 3 is 3.00 bits per heavy atom. The minimum atomic E-state index is -0.698. The summed E-state index contributed by atoms with van der Waals surface area (Å²) in [5, 5.41) is 19.8. The summed E-state index contributed by atoms with van der Waals surface area (Å²) in [6, 6.07) is 0. The molecule has 1 fully saturated rings. The zero-order valence-corrected chi connectivity index (χ0v) is 11.5. The lowest BCUT2D eigenvalue weighted by Crippen LogP contribution is -2.19. The van der Waals surface area contributed by atoms with Gasteiger partial charge in [0.15, 0.2) is 6.23 Å². The Morgan fingerprint density at radius 1 is 1.53 bits per heavy atom. The Labute approximate surface area is 117 Å². The molecule has 0 bridgehead atoms. The molecule has 1 aliphatic heterocycles. The van der Waals surface area contributed by atoms with Gasteiger partial charge in [-0.3, -0.25) is 0 Å². The Bertz CT molecular complexity index is 617. The van der Waals surface area contributed by atoms with Gasteiger partial charge in [-0.1, -0.05) is 0 Å². The highest BCUT2D eigenvalue weighted by Gasteiger charge is 2.36. The number of hydrogen-bond acceptors (Lipinski definition) is 6. The summed E-state index contributed by atoms with van der Waals surface area (Å²) >= 11 is 3.40. The number of rotatable bonds is 2. The van der Waals surface area contributed by atoms with Crippen LogP contribution in [0.4, 0.5) is 5.82 Å². The van der Waals surface area contributed by atoms with E-state index in [1.807, 2.05) is 0 Å². The van der Waals surface area contributed by atoms with Gasteiger partial charge in [-0.05, 0) is 15.9 Å². The van der Waals surface area contributed by atoms with E-state index < -0.39 is 12.3 Å². The molecule has 4 N–H and O–H groups in total. The van der Waals surface area contributed by atoms with Crippen molar-refractivity contribution < 1.29 is 14.9 Å². The summed E-state index contributed by atoms with van der Waals surface area (Å²) in [5.74, 6) is 0.363. The van der Waals surface area contributed by atoms with Gasteiger partial charge in [0.25, 0.3) is 0 Å². The minimum Gasteiger partial charge on any atom is -0.394 e. The van der Waals surface area contributed by atoms with Crippen LogP contribution in [-0.2, 0) is 4.74 Å². The lowest BCUT2D eigenvalue weighted by atomic mass is 10.2. The maximum Gasteiger partial charge on any atom is 0.161 e. The molecule has 0 aromatic carbocycles. The lowest BCUT2D eigenvalue weighted by molar-refractivity contribution is -0.0484. The SMILES string of the molecule is Nc1ncnc2c1c(Br)cn2C1OC(CO)CC1O.